The van der Waals surface area contributed by atoms with Crippen molar-refractivity contribution >= 4 is 31.9 Å². The highest BCUT2D eigenvalue weighted by Crippen LogP contribution is 2.27. The highest BCUT2D eigenvalue weighted by atomic mass is 79.9. The molecule has 0 amide bonds. The summed E-state index contributed by atoms with van der Waals surface area (Å²) in [6.07, 6.45) is 1.32. The molecule has 0 bridgehead atoms. The Bertz CT molecular complexity index is 409. The topological polar surface area (TPSA) is 15.3 Å². The SMILES string of the molecule is CC(NCC1CCN(C)C1)c1ccc(Br)cc1Br. The minimum absolute atomic E-state index is 0.387. The van der Waals surface area contributed by atoms with Gasteiger partial charge in [-0.05, 0) is 57.1 Å². The van der Waals surface area contributed by atoms with Crippen molar-refractivity contribution in [3.05, 3.63) is 32.7 Å². The number of benzene rings is 1. The second kappa shape index (κ2) is 6.51. The van der Waals surface area contributed by atoms with Crippen molar-refractivity contribution in [1.29, 1.82) is 0 Å². The summed E-state index contributed by atoms with van der Waals surface area (Å²) in [7, 11) is 2.20. The molecule has 1 aliphatic rings. The smallest absolute Gasteiger partial charge is 0.0303 e. The summed E-state index contributed by atoms with van der Waals surface area (Å²) in [5.41, 5.74) is 1.32. The first-order valence-corrected chi connectivity index (χ1v) is 8.01. The zero-order valence-corrected chi connectivity index (χ0v) is 14.1. The fourth-order valence-corrected chi connectivity index (χ4v) is 3.89. The Morgan fingerprint density at radius 2 is 2.22 bits per heavy atom. The lowest BCUT2D eigenvalue weighted by Gasteiger charge is -2.19. The van der Waals surface area contributed by atoms with Gasteiger partial charge >= 0.3 is 0 Å². The Labute approximate surface area is 126 Å². The van der Waals surface area contributed by atoms with E-state index in [1.807, 2.05) is 0 Å². The van der Waals surface area contributed by atoms with Crippen molar-refractivity contribution in [3.63, 3.8) is 0 Å². The maximum Gasteiger partial charge on any atom is 0.0303 e. The average molecular weight is 376 g/mol. The molecular weight excluding hydrogens is 356 g/mol. The number of nitrogens with one attached hydrogen (secondary N) is 1. The molecule has 18 heavy (non-hydrogen) atoms. The molecule has 0 aliphatic carbocycles. The molecule has 0 saturated carbocycles. The Hall–Kier alpha value is 0.1000. The van der Waals surface area contributed by atoms with E-state index in [9.17, 15) is 0 Å². The zero-order chi connectivity index (χ0) is 13.1. The molecule has 1 aromatic carbocycles. The minimum Gasteiger partial charge on any atom is -0.310 e. The lowest BCUT2D eigenvalue weighted by atomic mass is 10.1. The monoisotopic (exact) mass is 374 g/mol. The van der Waals surface area contributed by atoms with E-state index in [1.165, 1.54) is 29.5 Å². The maximum atomic E-state index is 3.65. The van der Waals surface area contributed by atoms with Crippen LogP contribution in [-0.2, 0) is 0 Å². The minimum atomic E-state index is 0.387. The molecule has 2 rings (SSSR count). The van der Waals surface area contributed by atoms with Gasteiger partial charge in [-0.2, -0.15) is 0 Å². The van der Waals surface area contributed by atoms with Crippen molar-refractivity contribution in [2.75, 3.05) is 26.7 Å². The van der Waals surface area contributed by atoms with Gasteiger partial charge in [0.15, 0.2) is 0 Å². The van der Waals surface area contributed by atoms with E-state index in [4.69, 9.17) is 0 Å². The third-order valence-corrected chi connectivity index (χ3v) is 4.81. The van der Waals surface area contributed by atoms with Crippen LogP contribution in [0.3, 0.4) is 0 Å². The van der Waals surface area contributed by atoms with E-state index in [1.54, 1.807) is 0 Å². The molecule has 2 unspecified atom stereocenters. The van der Waals surface area contributed by atoms with Crippen LogP contribution in [0.4, 0.5) is 0 Å². The first kappa shape index (κ1) is 14.5. The number of hydrogen-bond donors (Lipinski definition) is 1. The van der Waals surface area contributed by atoms with Crippen LogP contribution in [0.1, 0.15) is 24.9 Å². The summed E-state index contributed by atoms with van der Waals surface area (Å²) in [6.45, 7) is 5.80. The van der Waals surface area contributed by atoms with E-state index >= 15 is 0 Å². The maximum absolute atomic E-state index is 3.65. The van der Waals surface area contributed by atoms with E-state index in [0.29, 0.717) is 6.04 Å². The van der Waals surface area contributed by atoms with Gasteiger partial charge < -0.3 is 10.2 Å². The molecule has 1 N–H and O–H groups in total. The van der Waals surface area contributed by atoms with Gasteiger partial charge in [0.05, 0.1) is 0 Å². The van der Waals surface area contributed by atoms with Gasteiger partial charge in [0.2, 0.25) is 0 Å². The summed E-state index contributed by atoms with van der Waals surface area (Å²) in [6, 6.07) is 6.77. The summed E-state index contributed by atoms with van der Waals surface area (Å²) in [5.74, 6) is 0.798. The second-order valence-electron chi connectivity index (χ2n) is 5.21. The molecule has 1 heterocycles. The predicted octanol–water partition coefficient (Wildman–Crippen LogP) is 3.81. The highest BCUT2D eigenvalue weighted by Gasteiger charge is 2.20. The molecular formula is C14H20Br2N2. The Balaban J connectivity index is 1.89. The summed E-state index contributed by atoms with van der Waals surface area (Å²) >= 11 is 7.12. The molecule has 1 aromatic rings. The fourth-order valence-electron chi connectivity index (χ4n) is 2.50. The Morgan fingerprint density at radius 1 is 1.44 bits per heavy atom. The van der Waals surface area contributed by atoms with Crippen LogP contribution in [0, 0.1) is 5.92 Å². The highest BCUT2D eigenvalue weighted by molar-refractivity contribution is 9.11. The van der Waals surface area contributed by atoms with Gasteiger partial charge in [-0.1, -0.05) is 37.9 Å². The molecule has 2 nitrogen and oxygen atoms in total. The third-order valence-electron chi connectivity index (χ3n) is 3.63. The first-order chi connectivity index (χ1) is 8.56. The van der Waals surface area contributed by atoms with Gasteiger partial charge in [-0.3, -0.25) is 0 Å². The summed E-state index contributed by atoms with van der Waals surface area (Å²) < 4.78 is 2.28. The molecule has 1 fully saturated rings. The second-order valence-corrected chi connectivity index (χ2v) is 6.98. The number of likely N-dealkylation sites (tertiary alicyclic amines) is 1. The van der Waals surface area contributed by atoms with Crippen molar-refractivity contribution in [2.24, 2.45) is 5.92 Å². The number of rotatable bonds is 4. The third kappa shape index (κ3) is 3.80. The Kier molecular flexibility index (Phi) is 5.24. The van der Waals surface area contributed by atoms with Crippen molar-refractivity contribution in [3.8, 4) is 0 Å². The van der Waals surface area contributed by atoms with Crippen LogP contribution in [0.15, 0.2) is 27.1 Å². The molecule has 1 saturated heterocycles. The molecule has 1 aliphatic heterocycles. The summed E-state index contributed by atoms with van der Waals surface area (Å²) in [5, 5.41) is 3.65. The van der Waals surface area contributed by atoms with Crippen molar-refractivity contribution < 1.29 is 0 Å². The predicted molar refractivity (Wildman–Crippen MR) is 83.9 cm³/mol. The molecule has 100 valence electrons. The van der Waals surface area contributed by atoms with Crippen LogP contribution >= 0.6 is 31.9 Å². The van der Waals surface area contributed by atoms with E-state index in [2.05, 4.69) is 74.2 Å². The number of hydrogen-bond acceptors (Lipinski definition) is 2. The zero-order valence-electron chi connectivity index (χ0n) is 10.9. The molecule has 0 spiro atoms. The number of halogens is 2. The van der Waals surface area contributed by atoms with Crippen LogP contribution in [-0.4, -0.2) is 31.6 Å². The standard InChI is InChI=1S/C14H20Br2N2/c1-10(13-4-3-12(15)7-14(13)16)17-8-11-5-6-18(2)9-11/h3-4,7,10-11,17H,5-6,8-9H2,1-2H3. The van der Waals surface area contributed by atoms with Gasteiger partial charge in [0.25, 0.3) is 0 Å². The normalized spacial score (nSPS) is 22.3. The van der Waals surface area contributed by atoms with E-state index < -0.39 is 0 Å². The lowest BCUT2D eigenvalue weighted by Crippen LogP contribution is -2.27. The summed E-state index contributed by atoms with van der Waals surface area (Å²) in [4.78, 5) is 2.41. The van der Waals surface area contributed by atoms with Gasteiger partial charge in [0.1, 0.15) is 0 Å². The molecule has 0 aromatic heterocycles. The van der Waals surface area contributed by atoms with Crippen LogP contribution in [0.25, 0.3) is 0 Å². The first-order valence-electron chi connectivity index (χ1n) is 6.43. The quantitative estimate of drug-likeness (QED) is 0.860. The fraction of sp³-hybridized carbons (Fsp3) is 0.571. The van der Waals surface area contributed by atoms with Crippen molar-refractivity contribution in [1.82, 2.24) is 10.2 Å². The Morgan fingerprint density at radius 3 is 2.83 bits per heavy atom. The van der Waals surface area contributed by atoms with Crippen LogP contribution in [0.2, 0.25) is 0 Å². The molecule has 0 radical (unpaired) electrons. The van der Waals surface area contributed by atoms with Gasteiger partial charge in [-0.25, -0.2) is 0 Å². The lowest BCUT2D eigenvalue weighted by molar-refractivity contribution is 0.382. The largest absolute Gasteiger partial charge is 0.310 e. The van der Waals surface area contributed by atoms with E-state index in [-0.39, 0.29) is 0 Å². The van der Waals surface area contributed by atoms with E-state index in [0.717, 1.165) is 16.9 Å². The molecule has 4 heteroatoms. The number of nitrogens with zero attached hydrogens (tertiary/aromatic N) is 1. The van der Waals surface area contributed by atoms with Crippen molar-refractivity contribution in [2.45, 2.75) is 19.4 Å². The van der Waals surface area contributed by atoms with Gasteiger partial charge in [-0.15, -0.1) is 0 Å². The van der Waals surface area contributed by atoms with Gasteiger partial charge in [0, 0.05) is 21.5 Å². The molecule has 2 atom stereocenters. The van der Waals surface area contributed by atoms with Crippen LogP contribution in [0.5, 0.6) is 0 Å². The van der Waals surface area contributed by atoms with Crippen LogP contribution < -0.4 is 5.32 Å². The average Bonchev–Trinajstić information content (AvgIpc) is 2.72.